The molecule has 1 aromatic rings. The second-order valence-corrected chi connectivity index (χ2v) is 5.68. The Labute approximate surface area is 149 Å². The summed E-state index contributed by atoms with van der Waals surface area (Å²) in [5.74, 6) is 5.99. The van der Waals surface area contributed by atoms with Gasteiger partial charge in [-0.3, -0.25) is 4.79 Å². The average molecular weight is 344 g/mol. The van der Waals surface area contributed by atoms with Crippen molar-refractivity contribution in [3.05, 3.63) is 42.5 Å². The van der Waals surface area contributed by atoms with Crippen LogP contribution in [0.1, 0.15) is 32.3 Å². The van der Waals surface area contributed by atoms with E-state index < -0.39 is 5.97 Å². The number of hydrogen-bond donors (Lipinski definition) is 0. The second-order valence-electron chi connectivity index (χ2n) is 5.68. The van der Waals surface area contributed by atoms with Crippen LogP contribution < -0.4 is 4.74 Å². The Bertz CT molecular complexity index is 620. The lowest BCUT2D eigenvalue weighted by atomic mass is 10.2. The van der Waals surface area contributed by atoms with E-state index in [0.29, 0.717) is 31.3 Å². The van der Waals surface area contributed by atoms with E-state index in [1.165, 1.54) is 0 Å². The normalized spacial score (nSPS) is 9.88. The minimum Gasteiger partial charge on any atom is -0.463 e. The van der Waals surface area contributed by atoms with Crippen molar-refractivity contribution in [2.24, 2.45) is 5.92 Å². The van der Waals surface area contributed by atoms with E-state index in [9.17, 15) is 9.59 Å². The summed E-state index contributed by atoms with van der Waals surface area (Å²) in [6, 6.07) is 6.94. The molecule has 1 rings (SSSR count). The Morgan fingerprint density at radius 3 is 2.60 bits per heavy atom. The molecule has 134 valence electrons. The molecule has 5 nitrogen and oxygen atoms in total. The fraction of sp³-hybridized carbons (Fsp3) is 0.400. The topological polar surface area (TPSA) is 61.8 Å². The smallest absolute Gasteiger partial charge is 0.330 e. The Balaban J connectivity index is 2.31. The maximum Gasteiger partial charge on any atom is 0.330 e. The third-order valence-electron chi connectivity index (χ3n) is 2.88. The molecule has 0 aliphatic rings. The first kappa shape index (κ1) is 20.5. The Hall–Kier alpha value is -2.58. The van der Waals surface area contributed by atoms with Gasteiger partial charge in [0.2, 0.25) is 0 Å². The SMILES string of the molecule is C=CC(=O)OCCCC(=O)Oc1ccc(C#CCOCC(C)C)cc1. The Kier molecular flexibility index (Phi) is 9.72. The van der Waals surface area contributed by atoms with Crippen LogP contribution in [0.15, 0.2) is 36.9 Å². The molecule has 0 aromatic heterocycles. The molecule has 1 aromatic carbocycles. The monoisotopic (exact) mass is 344 g/mol. The molecule has 0 unspecified atom stereocenters. The molecule has 0 radical (unpaired) electrons. The molecular weight excluding hydrogens is 320 g/mol. The lowest BCUT2D eigenvalue weighted by Crippen LogP contribution is -2.10. The van der Waals surface area contributed by atoms with Gasteiger partial charge in [0, 0.05) is 18.1 Å². The number of ether oxygens (including phenoxy) is 3. The van der Waals surface area contributed by atoms with Gasteiger partial charge in [0.15, 0.2) is 0 Å². The van der Waals surface area contributed by atoms with Crippen molar-refractivity contribution in [3.63, 3.8) is 0 Å². The van der Waals surface area contributed by atoms with E-state index in [1.54, 1.807) is 24.3 Å². The maximum atomic E-state index is 11.7. The third-order valence-corrected chi connectivity index (χ3v) is 2.88. The van der Waals surface area contributed by atoms with Gasteiger partial charge in [0.25, 0.3) is 0 Å². The lowest BCUT2D eigenvalue weighted by Gasteiger charge is -2.05. The maximum absolute atomic E-state index is 11.7. The van der Waals surface area contributed by atoms with E-state index in [0.717, 1.165) is 11.6 Å². The summed E-state index contributed by atoms with van der Waals surface area (Å²) in [6.45, 7) is 8.70. The first-order chi connectivity index (χ1) is 12.0. The molecule has 0 saturated heterocycles. The molecule has 5 heteroatoms. The van der Waals surface area contributed by atoms with Crippen molar-refractivity contribution in [1.29, 1.82) is 0 Å². The largest absolute Gasteiger partial charge is 0.463 e. The fourth-order valence-corrected chi connectivity index (χ4v) is 1.72. The van der Waals surface area contributed by atoms with Gasteiger partial charge in [0.05, 0.1) is 13.2 Å². The van der Waals surface area contributed by atoms with Crippen LogP contribution in [-0.2, 0) is 19.1 Å². The Morgan fingerprint density at radius 1 is 1.24 bits per heavy atom. The second kappa shape index (κ2) is 11.9. The summed E-state index contributed by atoms with van der Waals surface area (Å²) in [7, 11) is 0. The number of benzene rings is 1. The van der Waals surface area contributed by atoms with Crippen molar-refractivity contribution in [1.82, 2.24) is 0 Å². The predicted octanol–water partition coefficient (Wildman–Crippen LogP) is 3.13. The first-order valence-corrected chi connectivity index (χ1v) is 8.17. The average Bonchev–Trinajstić information content (AvgIpc) is 2.59. The van der Waals surface area contributed by atoms with Crippen molar-refractivity contribution < 1.29 is 23.8 Å². The standard InChI is InChI=1S/C20H24O5/c1-4-19(21)24-14-6-8-20(22)25-18-11-9-17(10-12-18)7-5-13-23-15-16(2)3/h4,9-12,16H,1,6,8,13-15H2,2-3H3. The summed E-state index contributed by atoms with van der Waals surface area (Å²) < 4.78 is 15.4. The van der Waals surface area contributed by atoms with E-state index in [4.69, 9.17) is 14.2 Å². The zero-order chi connectivity index (χ0) is 18.5. The van der Waals surface area contributed by atoms with E-state index >= 15 is 0 Å². The van der Waals surface area contributed by atoms with Gasteiger partial charge in [-0.1, -0.05) is 32.3 Å². The number of esters is 2. The zero-order valence-corrected chi connectivity index (χ0v) is 14.7. The van der Waals surface area contributed by atoms with Gasteiger partial charge in [-0.15, -0.1) is 0 Å². The molecule has 0 heterocycles. The quantitative estimate of drug-likeness (QED) is 0.226. The van der Waals surface area contributed by atoms with Crippen molar-refractivity contribution in [3.8, 4) is 17.6 Å². The molecule has 25 heavy (non-hydrogen) atoms. The van der Waals surface area contributed by atoms with Crippen LogP contribution in [0, 0.1) is 17.8 Å². The highest BCUT2D eigenvalue weighted by Gasteiger charge is 2.05. The van der Waals surface area contributed by atoms with Crippen LogP contribution in [0.3, 0.4) is 0 Å². The summed E-state index contributed by atoms with van der Waals surface area (Å²) in [4.78, 5) is 22.5. The van der Waals surface area contributed by atoms with Crippen LogP contribution in [0.4, 0.5) is 0 Å². The molecule has 0 atom stereocenters. The highest BCUT2D eigenvalue weighted by atomic mass is 16.5. The molecule has 0 saturated carbocycles. The van der Waals surface area contributed by atoms with Gasteiger partial charge < -0.3 is 14.2 Å². The van der Waals surface area contributed by atoms with Gasteiger partial charge in [-0.05, 0) is 36.6 Å². The number of rotatable bonds is 9. The first-order valence-electron chi connectivity index (χ1n) is 8.17. The summed E-state index contributed by atoms with van der Waals surface area (Å²) in [5, 5.41) is 0. The van der Waals surface area contributed by atoms with Crippen molar-refractivity contribution >= 4 is 11.9 Å². The van der Waals surface area contributed by atoms with Crippen LogP contribution in [0.2, 0.25) is 0 Å². The molecular formula is C20H24O5. The van der Waals surface area contributed by atoms with E-state index in [-0.39, 0.29) is 19.0 Å². The van der Waals surface area contributed by atoms with E-state index in [2.05, 4.69) is 32.3 Å². The van der Waals surface area contributed by atoms with Crippen LogP contribution in [-0.4, -0.2) is 31.8 Å². The number of carbonyl (C=O) groups is 2. The minimum atomic E-state index is -0.500. The van der Waals surface area contributed by atoms with Gasteiger partial charge in [-0.25, -0.2) is 4.79 Å². The number of carbonyl (C=O) groups excluding carboxylic acids is 2. The lowest BCUT2D eigenvalue weighted by molar-refractivity contribution is -0.140. The van der Waals surface area contributed by atoms with Crippen LogP contribution in [0.5, 0.6) is 5.75 Å². The molecule has 0 bridgehead atoms. The zero-order valence-electron chi connectivity index (χ0n) is 14.7. The molecule has 0 spiro atoms. The fourth-order valence-electron chi connectivity index (χ4n) is 1.72. The highest BCUT2D eigenvalue weighted by molar-refractivity contribution is 5.81. The molecule has 0 N–H and O–H groups in total. The van der Waals surface area contributed by atoms with Gasteiger partial charge >= 0.3 is 11.9 Å². The van der Waals surface area contributed by atoms with Crippen LogP contribution >= 0.6 is 0 Å². The van der Waals surface area contributed by atoms with Gasteiger partial charge in [-0.2, -0.15) is 0 Å². The summed E-state index contributed by atoms with van der Waals surface area (Å²) >= 11 is 0. The third kappa shape index (κ3) is 10.0. The Morgan fingerprint density at radius 2 is 1.96 bits per heavy atom. The predicted molar refractivity (Wildman–Crippen MR) is 95.0 cm³/mol. The summed E-state index contributed by atoms with van der Waals surface area (Å²) in [5.41, 5.74) is 0.823. The molecule has 0 aliphatic heterocycles. The van der Waals surface area contributed by atoms with Crippen molar-refractivity contribution in [2.45, 2.75) is 26.7 Å². The molecule has 0 fully saturated rings. The van der Waals surface area contributed by atoms with Crippen molar-refractivity contribution in [2.75, 3.05) is 19.8 Å². The molecule has 0 amide bonds. The van der Waals surface area contributed by atoms with Gasteiger partial charge in [0.1, 0.15) is 12.4 Å². The minimum absolute atomic E-state index is 0.160. The number of hydrogen-bond acceptors (Lipinski definition) is 5. The van der Waals surface area contributed by atoms with E-state index in [1.807, 2.05) is 0 Å². The molecule has 0 aliphatic carbocycles. The summed E-state index contributed by atoms with van der Waals surface area (Å²) in [6.07, 6.45) is 1.65. The highest BCUT2D eigenvalue weighted by Crippen LogP contribution is 2.12. The van der Waals surface area contributed by atoms with Crippen LogP contribution in [0.25, 0.3) is 0 Å².